The van der Waals surface area contributed by atoms with Crippen molar-refractivity contribution >= 4 is 15.9 Å². The fourth-order valence-electron chi connectivity index (χ4n) is 2.42. The molecule has 1 amide bonds. The molecular weight excluding hydrogens is 331 g/mol. The maximum Gasteiger partial charge on any atom is 0.237 e. The number of benzene rings is 1. The van der Waals surface area contributed by atoms with Crippen molar-refractivity contribution in [2.24, 2.45) is 0 Å². The molecule has 0 N–H and O–H groups in total. The van der Waals surface area contributed by atoms with E-state index in [9.17, 15) is 17.6 Å². The zero-order valence-corrected chi connectivity index (χ0v) is 15.5. The predicted molar refractivity (Wildman–Crippen MR) is 93.7 cm³/mol. The highest BCUT2D eigenvalue weighted by Crippen LogP contribution is 2.08. The maximum absolute atomic E-state index is 12.9. The second-order valence-electron chi connectivity index (χ2n) is 5.85. The zero-order valence-electron chi connectivity index (χ0n) is 14.7. The van der Waals surface area contributed by atoms with Crippen LogP contribution in [0.1, 0.15) is 32.3 Å². The van der Waals surface area contributed by atoms with Gasteiger partial charge >= 0.3 is 0 Å². The third-order valence-corrected chi connectivity index (χ3v) is 4.93. The summed E-state index contributed by atoms with van der Waals surface area (Å²) in [4.78, 5) is 14.1. The highest BCUT2D eigenvalue weighted by atomic mass is 32.2. The summed E-state index contributed by atoms with van der Waals surface area (Å²) in [5.41, 5.74) is 0.830. The lowest BCUT2D eigenvalue weighted by Crippen LogP contribution is -2.43. The Bertz CT molecular complexity index is 611. The molecule has 0 heterocycles. The SMILES string of the molecule is CCCN(CCC)C(=O)CN(CCc1ccc(F)cc1)S(C)(=O)=O. The first-order chi connectivity index (χ1) is 11.3. The fourth-order valence-corrected chi connectivity index (χ4v) is 3.19. The average Bonchev–Trinajstić information content (AvgIpc) is 2.51. The largest absolute Gasteiger partial charge is 0.342 e. The standard InChI is InChI=1S/C17H27FN2O3S/c1-4-11-19(12-5-2)17(21)14-20(24(3,22)23)13-10-15-6-8-16(18)9-7-15/h6-9H,4-5,10-14H2,1-3H3. The van der Waals surface area contributed by atoms with Gasteiger partial charge in [0.15, 0.2) is 0 Å². The molecule has 0 aliphatic rings. The first-order valence-corrected chi connectivity index (χ1v) is 10.1. The minimum absolute atomic E-state index is 0.153. The fraction of sp³-hybridized carbons (Fsp3) is 0.588. The first kappa shape index (κ1) is 20.6. The van der Waals surface area contributed by atoms with Crippen LogP contribution in [0.25, 0.3) is 0 Å². The Morgan fingerprint density at radius 1 is 1.04 bits per heavy atom. The van der Waals surface area contributed by atoms with Crippen molar-refractivity contribution < 1.29 is 17.6 Å². The summed E-state index contributed by atoms with van der Waals surface area (Å²) < 4.78 is 38.1. The van der Waals surface area contributed by atoms with Crippen molar-refractivity contribution in [1.82, 2.24) is 9.21 Å². The molecule has 0 aliphatic heterocycles. The molecule has 0 saturated carbocycles. The van der Waals surface area contributed by atoms with Gasteiger partial charge in [-0.2, -0.15) is 4.31 Å². The summed E-state index contributed by atoms with van der Waals surface area (Å²) in [6.07, 6.45) is 3.21. The van der Waals surface area contributed by atoms with Gasteiger partial charge in [0.2, 0.25) is 15.9 Å². The molecule has 136 valence electrons. The van der Waals surface area contributed by atoms with Gasteiger partial charge in [-0.3, -0.25) is 4.79 Å². The lowest BCUT2D eigenvalue weighted by atomic mass is 10.1. The van der Waals surface area contributed by atoms with Crippen molar-refractivity contribution in [2.75, 3.05) is 32.4 Å². The third-order valence-electron chi connectivity index (χ3n) is 3.68. The van der Waals surface area contributed by atoms with Crippen molar-refractivity contribution in [3.05, 3.63) is 35.6 Å². The second-order valence-corrected chi connectivity index (χ2v) is 7.84. The molecule has 1 rings (SSSR count). The summed E-state index contributed by atoms with van der Waals surface area (Å²) in [6, 6.07) is 5.93. The number of sulfonamides is 1. The number of nitrogens with zero attached hydrogens (tertiary/aromatic N) is 2. The van der Waals surface area contributed by atoms with Crippen LogP contribution in [0, 0.1) is 5.82 Å². The van der Waals surface area contributed by atoms with Crippen molar-refractivity contribution in [3.63, 3.8) is 0 Å². The first-order valence-electron chi connectivity index (χ1n) is 8.25. The van der Waals surface area contributed by atoms with E-state index in [1.165, 1.54) is 16.4 Å². The molecule has 0 saturated heterocycles. The molecule has 1 aromatic rings. The molecule has 0 aliphatic carbocycles. The van der Waals surface area contributed by atoms with E-state index in [0.717, 1.165) is 24.7 Å². The zero-order chi connectivity index (χ0) is 18.2. The minimum Gasteiger partial charge on any atom is -0.342 e. The average molecular weight is 358 g/mol. The number of carbonyl (C=O) groups is 1. The Kier molecular flexibility index (Phi) is 8.35. The Morgan fingerprint density at radius 3 is 2.04 bits per heavy atom. The number of hydrogen-bond acceptors (Lipinski definition) is 3. The van der Waals surface area contributed by atoms with Crippen molar-refractivity contribution in [3.8, 4) is 0 Å². The van der Waals surface area contributed by atoms with E-state index < -0.39 is 10.0 Å². The number of rotatable bonds is 10. The van der Waals surface area contributed by atoms with Gasteiger partial charge < -0.3 is 4.90 Å². The van der Waals surface area contributed by atoms with Gasteiger partial charge in [-0.05, 0) is 37.0 Å². The normalized spacial score (nSPS) is 11.7. The van der Waals surface area contributed by atoms with Crippen molar-refractivity contribution in [2.45, 2.75) is 33.1 Å². The lowest BCUT2D eigenvalue weighted by Gasteiger charge is -2.26. The van der Waals surface area contributed by atoms with E-state index in [0.29, 0.717) is 19.5 Å². The molecule has 7 heteroatoms. The maximum atomic E-state index is 12.9. The molecule has 0 fully saturated rings. The van der Waals surface area contributed by atoms with E-state index in [1.54, 1.807) is 17.0 Å². The van der Waals surface area contributed by atoms with E-state index in [-0.39, 0.29) is 24.8 Å². The molecule has 0 radical (unpaired) electrons. The van der Waals surface area contributed by atoms with Gasteiger partial charge in [0, 0.05) is 19.6 Å². The van der Waals surface area contributed by atoms with Crippen LogP contribution >= 0.6 is 0 Å². The second kappa shape index (κ2) is 9.74. The Morgan fingerprint density at radius 2 is 1.58 bits per heavy atom. The van der Waals surface area contributed by atoms with E-state index >= 15 is 0 Å². The quantitative estimate of drug-likeness (QED) is 0.645. The summed E-state index contributed by atoms with van der Waals surface area (Å²) in [5, 5.41) is 0. The predicted octanol–water partition coefficient (Wildman–Crippen LogP) is 2.28. The highest BCUT2D eigenvalue weighted by molar-refractivity contribution is 7.88. The molecular formula is C17H27FN2O3S. The lowest BCUT2D eigenvalue weighted by molar-refractivity contribution is -0.131. The number of carbonyl (C=O) groups excluding carboxylic acids is 1. The van der Waals surface area contributed by atoms with Gasteiger partial charge in [0.25, 0.3) is 0 Å². The van der Waals surface area contributed by atoms with Crippen LogP contribution in [-0.2, 0) is 21.2 Å². The molecule has 0 unspecified atom stereocenters. The minimum atomic E-state index is -3.49. The van der Waals surface area contributed by atoms with E-state index in [1.807, 2.05) is 13.8 Å². The molecule has 24 heavy (non-hydrogen) atoms. The Labute approximate surface area is 144 Å². The third kappa shape index (κ3) is 6.97. The summed E-state index contributed by atoms with van der Waals surface area (Å²) >= 11 is 0. The van der Waals surface area contributed by atoms with Crippen LogP contribution in [-0.4, -0.2) is 56.0 Å². The van der Waals surface area contributed by atoms with Crippen LogP contribution in [0.2, 0.25) is 0 Å². The molecule has 0 aromatic heterocycles. The number of amides is 1. The van der Waals surface area contributed by atoms with Crippen LogP contribution in [0.5, 0.6) is 0 Å². The van der Waals surface area contributed by atoms with E-state index in [2.05, 4.69) is 0 Å². The van der Waals surface area contributed by atoms with Crippen molar-refractivity contribution in [1.29, 1.82) is 0 Å². The Hall–Kier alpha value is -1.47. The van der Waals surface area contributed by atoms with Gasteiger partial charge in [-0.25, -0.2) is 12.8 Å². The van der Waals surface area contributed by atoms with Gasteiger partial charge in [0.05, 0.1) is 12.8 Å². The molecule has 0 spiro atoms. The number of hydrogen-bond donors (Lipinski definition) is 0. The molecule has 1 aromatic carbocycles. The summed E-state index contributed by atoms with van der Waals surface area (Å²) in [5.74, 6) is -0.507. The molecule has 5 nitrogen and oxygen atoms in total. The highest BCUT2D eigenvalue weighted by Gasteiger charge is 2.22. The van der Waals surface area contributed by atoms with Gasteiger partial charge in [-0.15, -0.1) is 0 Å². The summed E-state index contributed by atoms with van der Waals surface area (Å²) in [7, 11) is -3.49. The van der Waals surface area contributed by atoms with E-state index in [4.69, 9.17) is 0 Å². The van der Waals surface area contributed by atoms with Crippen LogP contribution < -0.4 is 0 Å². The van der Waals surface area contributed by atoms with Gasteiger partial charge in [-0.1, -0.05) is 26.0 Å². The summed E-state index contributed by atoms with van der Waals surface area (Å²) in [6.45, 7) is 5.27. The van der Waals surface area contributed by atoms with Gasteiger partial charge in [0.1, 0.15) is 5.82 Å². The monoisotopic (exact) mass is 358 g/mol. The smallest absolute Gasteiger partial charge is 0.237 e. The van der Waals surface area contributed by atoms with Crippen LogP contribution in [0.15, 0.2) is 24.3 Å². The topological polar surface area (TPSA) is 57.7 Å². The van der Waals surface area contributed by atoms with Crippen LogP contribution in [0.4, 0.5) is 4.39 Å². The number of halogens is 1. The molecule has 0 atom stereocenters. The van der Waals surface area contributed by atoms with Crippen LogP contribution in [0.3, 0.4) is 0 Å². The Balaban J connectivity index is 2.74. The molecule has 0 bridgehead atoms.